The van der Waals surface area contributed by atoms with Crippen molar-refractivity contribution in [2.24, 2.45) is 0 Å². The van der Waals surface area contributed by atoms with Crippen molar-refractivity contribution in [1.29, 1.82) is 0 Å². The van der Waals surface area contributed by atoms with Gasteiger partial charge in [0.2, 0.25) is 0 Å². The first-order chi connectivity index (χ1) is 7.16. The second-order valence-electron chi connectivity index (χ2n) is 3.59. The van der Waals surface area contributed by atoms with E-state index in [-0.39, 0.29) is 6.10 Å². The number of thiophene rings is 1. The van der Waals surface area contributed by atoms with E-state index in [1.54, 1.807) is 6.07 Å². The molecule has 1 saturated heterocycles. The fraction of sp³-hybridized carbons (Fsp3) is 0.556. The summed E-state index contributed by atoms with van der Waals surface area (Å²) in [6.45, 7) is 1.37. The summed E-state index contributed by atoms with van der Waals surface area (Å²) in [5, 5.41) is 11.9. The molecule has 1 fully saturated rings. The van der Waals surface area contributed by atoms with Crippen LogP contribution in [0.2, 0.25) is 0 Å². The Morgan fingerprint density at radius 3 is 2.73 bits per heavy atom. The number of rotatable bonds is 2. The van der Waals surface area contributed by atoms with Crippen LogP contribution in [0.3, 0.4) is 0 Å². The molecular weight excluding hydrogens is 232 g/mol. The Labute approximate surface area is 95.3 Å². The standard InChI is InChI=1S/C9H14N2O2S2/c10-9-5-8(6-14-9)15(13)11-3-1-7(12)2-4-11/h5-7,12H,1-4,10H2. The quantitative estimate of drug-likeness (QED) is 0.811. The molecule has 0 amide bonds. The average molecular weight is 246 g/mol. The molecule has 2 heterocycles. The van der Waals surface area contributed by atoms with Crippen LogP contribution in [-0.4, -0.2) is 32.8 Å². The van der Waals surface area contributed by atoms with Crippen molar-refractivity contribution in [1.82, 2.24) is 4.31 Å². The van der Waals surface area contributed by atoms with Gasteiger partial charge in [-0.1, -0.05) is 0 Å². The highest BCUT2D eigenvalue weighted by Gasteiger charge is 2.22. The average Bonchev–Trinajstić information content (AvgIpc) is 2.65. The molecule has 0 bridgehead atoms. The Bertz CT molecular complexity index is 359. The van der Waals surface area contributed by atoms with Gasteiger partial charge < -0.3 is 10.8 Å². The van der Waals surface area contributed by atoms with Crippen LogP contribution in [0.4, 0.5) is 5.00 Å². The number of nitrogen functional groups attached to an aromatic ring is 1. The van der Waals surface area contributed by atoms with E-state index in [0.717, 1.165) is 4.90 Å². The Balaban J connectivity index is 2.02. The molecule has 84 valence electrons. The third-order valence-electron chi connectivity index (χ3n) is 2.46. The van der Waals surface area contributed by atoms with Crippen LogP contribution in [0.15, 0.2) is 16.3 Å². The van der Waals surface area contributed by atoms with Crippen molar-refractivity contribution in [3.63, 3.8) is 0 Å². The number of aliphatic hydroxyl groups is 1. The number of hydrogen-bond donors (Lipinski definition) is 2. The first-order valence-corrected chi connectivity index (χ1v) is 6.84. The lowest BCUT2D eigenvalue weighted by atomic mass is 10.1. The maximum absolute atomic E-state index is 12.0. The van der Waals surface area contributed by atoms with E-state index in [0.29, 0.717) is 30.9 Å². The zero-order valence-electron chi connectivity index (χ0n) is 8.26. The molecule has 0 aromatic carbocycles. The van der Waals surface area contributed by atoms with Gasteiger partial charge in [-0.15, -0.1) is 11.3 Å². The highest BCUT2D eigenvalue weighted by molar-refractivity contribution is 7.82. The van der Waals surface area contributed by atoms with Gasteiger partial charge in [-0.25, -0.2) is 8.51 Å². The summed E-state index contributed by atoms with van der Waals surface area (Å²) in [6.07, 6.45) is 1.17. The van der Waals surface area contributed by atoms with E-state index in [2.05, 4.69) is 0 Å². The minimum atomic E-state index is -1.11. The fourth-order valence-electron chi connectivity index (χ4n) is 1.58. The molecule has 0 aliphatic carbocycles. The molecule has 6 heteroatoms. The van der Waals surface area contributed by atoms with E-state index in [4.69, 9.17) is 5.73 Å². The molecule has 1 unspecified atom stereocenters. The zero-order valence-corrected chi connectivity index (χ0v) is 9.89. The Hall–Kier alpha value is -0.430. The van der Waals surface area contributed by atoms with E-state index >= 15 is 0 Å². The van der Waals surface area contributed by atoms with Gasteiger partial charge >= 0.3 is 0 Å². The van der Waals surface area contributed by atoms with E-state index in [1.165, 1.54) is 11.3 Å². The highest BCUT2D eigenvalue weighted by Crippen LogP contribution is 2.23. The van der Waals surface area contributed by atoms with Crippen LogP contribution in [0.1, 0.15) is 12.8 Å². The van der Waals surface area contributed by atoms with Crippen LogP contribution in [0.5, 0.6) is 0 Å². The number of aliphatic hydroxyl groups excluding tert-OH is 1. The maximum Gasteiger partial charge on any atom is 0.128 e. The first kappa shape index (κ1) is 11.1. The Kier molecular flexibility index (Phi) is 3.40. The van der Waals surface area contributed by atoms with Crippen LogP contribution < -0.4 is 5.73 Å². The predicted molar refractivity (Wildman–Crippen MR) is 62.0 cm³/mol. The van der Waals surface area contributed by atoms with Gasteiger partial charge in [0.05, 0.1) is 16.0 Å². The van der Waals surface area contributed by atoms with Gasteiger partial charge in [0.25, 0.3) is 0 Å². The molecule has 1 aromatic rings. The molecule has 1 aliphatic rings. The SMILES string of the molecule is Nc1cc(S(=O)N2CCC(O)CC2)cs1. The molecule has 3 N–H and O–H groups in total. The van der Waals surface area contributed by atoms with Gasteiger partial charge in [0.1, 0.15) is 11.0 Å². The van der Waals surface area contributed by atoms with Crippen LogP contribution in [0, 0.1) is 0 Å². The van der Waals surface area contributed by atoms with Crippen LogP contribution in [-0.2, 0) is 11.0 Å². The lowest BCUT2D eigenvalue weighted by Crippen LogP contribution is -2.36. The van der Waals surface area contributed by atoms with Gasteiger partial charge in [-0.2, -0.15) is 0 Å². The van der Waals surface area contributed by atoms with Crippen molar-refractivity contribution in [2.75, 3.05) is 18.8 Å². The molecule has 1 atom stereocenters. The summed E-state index contributed by atoms with van der Waals surface area (Å²) in [5.41, 5.74) is 5.59. The van der Waals surface area contributed by atoms with Crippen molar-refractivity contribution in [3.8, 4) is 0 Å². The first-order valence-electron chi connectivity index (χ1n) is 4.86. The molecule has 0 spiro atoms. The molecule has 1 aromatic heterocycles. The number of nitrogens with two attached hydrogens (primary N) is 1. The van der Waals surface area contributed by atoms with E-state index in [1.807, 2.05) is 9.69 Å². The largest absolute Gasteiger partial charge is 0.393 e. The minimum Gasteiger partial charge on any atom is -0.393 e. The van der Waals surface area contributed by atoms with E-state index in [9.17, 15) is 9.32 Å². The topological polar surface area (TPSA) is 66.6 Å². The molecule has 1 aliphatic heterocycles. The number of hydrogen-bond acceptors (Lipinski definition) is 4. The summed E-state index contributed by atoms with van der Waals surface area (Å²) in [6, 6.07) is 1.76. The second-order valence-corrected chi connectivity index (χ2v) is 6.02. The number of anilines is 1. The summed E-state index contributed by atoms with van der Waals surface area (Å²) < 4.78 is 13.9. The second kappa shape index (κ2) is 4.61. The Morgan fingerprint density at radius 1 is 1.53 bits per heavy atom. The van der Waals surface area contributed by atoms with Crippen molar-refractivity contribution in [2.45, 2.75) is 23.8 Å². The zero-order chi connectivity index (χ0) is 10.8. The lowest BCUT2D eigenvalue weighted by Gasteiger charge is -2.27. The fourth-order valence-corrected chi connectivity index (χ4v) is 3.71. The van der Waals surface area contributed by atoms with Gasteiger partial charge in [-0.05, 0) is 18.9 Å². The summed E-state index contributed by atoms with van der Waals surface area (Å²) in [5.74, 6) is 0. The van der Waals surface area contributed by atoms with Gasteiger partial charge in [0.15, 0.2) is 0 Å². The van der Waals surface area contributed by atoms with Gasteiger partial charge in [-0.3, -0.25) is 0 Å². The predicted octanol–water partition coefficient (Wildman–Crippen LogP) is 0.810. The summed E-state index contributed by atoms with van der Waals surface area (Å²) >= 11 is 1.41. The minimum absolute atomic E-state index is 0.231. The Morgan fingerprint density at radius 2 is 2.20 bits per heavy atom. The third-order valence-corrected chi connectivity index (χ3v) is 4.84. The summed E-state index contributed by atoms with van der Waals surface area (Å²) in [7, 11) is -1.11. The molecule has 2 rings (SSSR count). The molecule has 15 heavy (non-hydrogen) atoms. The van der Waals surface area contributed by atoms with E-state index < -0.39 is 11.0 Å². The highest BCUT2D eigenvalue weighted by atomic mass is 32.2. The van der Waals surface area contributed by atoms with Crippen molar-refractivity contribution < 1.29 is 9.32 Å². The van der Waals surface area contributed by atoms with Gasteiger partial charge in [0, 0.05) is 18.5 Å². The normalized spacial score (nSPS) is 21.7. The summed E-state index contributed by atoms with van der Waals surface area (Å²) in [4.78, 5) is 0.772. The van der Waals surface area contributed by atoms with Crippen LogP contribution in [0.25, 0.3) is 0 Å². The molecule has 0 radical (unpaired) electrons. The van der Waals surface area contributed by atoms with Crippen molar-refractivity contribution >= 4 is 27.3 Å². The van der Waals surface area contributed by atoms with Crippen LogP contribution >= 0.6 is 11.3 Å². The third kappa shape index (κ3) is 2.57. The smallest absolute Gasteiger partial charge is 0.128 e. The molecule has 0 saturated carbocycles. The van der Waals surface area contributed by atoms with Crippen molar-refractivity contribution in [3.05, 3.63) is 11.4 Å². The lowest BCUT2D eigenvalue weighted by molar-refractivity contribution is 0.114. The maximum atomic E-state index is 12.0. The number of piperidine rings is 1. The molecule has 4 nitrogen and oxygen atoms in total. The molecular formula is C9H14N2O2S2. The number of nitrogens with zero attached hydrogens (tertiary/aromatic N) is 1. The monoisotopic (exact) mass is 246 g/mol.